The molecule has 0 N–H and O–H groups in total. The number of carbonyl (C=O) groups excluding carboxylic acids is 1. The van der Waals surface area contributed by atoms with Crippen LogP contribution in [0.25, 0.3) is 0 Å². The van der Waals surface area contributed by atoms with E-state index in [1.165, 1.54) is 0 Å². The number of para-hydroxylation sites is 2. The van der Waals surface area contributed by atoms with Crippen LogP contribution in [0.2, 0.25) is 0 Å². The van der Waals surface area contributed by atoms with Crippen LogP contribution in [-0.2, 0) is 17.8 Å². The maximum absolute atomic E-state index is 12.7. The smallest absolute Gasteiger partial charge is 0.224 e. The highest BCUT2D eigenvalue weighted by molar-refractivity contribution is 5.77. The fourth-order valence-corrected chi connectivity index (χ4v) is 3.66. The number of carbonyl (C=O) groups is 1. The molecule has 1 amide bonds. The topological polar surface area (TPSA) is 50.6 Å². The summed E-state index contributed by atoms with van der Waals surface area (Å²) >= 11 is 0. The third kappa shape index (κ3) is 3.84. The molecule has 2 aromatic rings. The number of anilines is 1. The minimum Gasteiger partial charge on any atom is -0.495 e. The Bertz CT molecular complexity index is 743. The number of piperazine rings is 1. The molecule has 1 aromatic heterocycles. The van der Waals surface area contributed by atoms with E-state index in [0.717, 1.165) is 43.3 Å². The molecule has 1 aromatic carbocycles. The van der Waals surface area contributed by atoms with Gasteiger partial charge in [0.05, 0.1) is 12.8 Å². The quantitative estimate of drug-likeness (QED) is 0.798. The second kappa shape index (κ2) is 8.25. The van der Waals surface area contributed by atoms with Gasteiger partial charge in [0.1, 0.15) is 11.6 Å². The van der Waals surface area contributed by atoms with Gasteiger partial charge in [0.2, 0.25) is 5.91 Å². The van der Waals surface area contributed by atoms with Crippen molar-refractivity contribution in [3.8, 4) is 5.75 Å². The zero-order chi connectivity index (χ0) is 18.5. The summed E-state index contributed by atoms with van der Waals surface area (Å²) in [6, 6.07) is 8.24. The molecule has 6 nitrogen and oxygen atoms in total. The zero-order valence-electron chi connectivity index (χ0n) is 15.9. The van der Waals surface area contributed by atoms with Gasteiger partial charge < -0.3 is 19.1 Å². The minimum atomic E-state index is 0.176. The number of benzene rings is 1. The number of methoxy groups -OCH3 is 1. The average molecular weight is 356 g/mol. The average Bonchev–Trinajstić information content (AvgIpc) is 3.13. The Morgan fingerprint density at radius 2 is 2.12 bits per heavy atom. The first kappa shape index (κ1) is 18.3. The number of nitrogens with zero attached hydrogens (tertiary/aromatic N) is 4. The van der Waals surface area contributed by atoms with E-state index >= 15 is 0 Å². The molecular weight excluding hydrogens is 328 g/mol. The number of aryl methyl sites for hydroxylation is 2. The highest BCUT2D eigenvalue weighted by Crippen LogP contribution is 2.29. The number of aromatic nitrogens is 2. The summed E-state index contributed by atoms with van der Waals surface area (Å²) < 4.78 is 7.56. The second-order valence-corrected chi connectivity index (χ2v) is 6.69. The largest absolute Gasteiger partial charge is 0.495 e. The lowest BCUT2D eigenvalue weighted by molar-refractivity contribution is -0.133. The van der Waals surface area contributed by atoms with Gasteiger partial charge in [-0.3, -0.25) is 4.79 Å². The molecule has 1 saturated heterocycles. The first-order chi connectivity index (χ1) is 12.6. The van der Waals surface area contributed by atoms with Crippen LogP contribution < -0.4 is 9.64 Å². The molecule has 3 rings (SSSR count). The molecule has 0 aliphatic carbocycles. The van der Waals surface area contributed by atoms with Gasteiger partial charge in [0, 0.05) is 57.5 Å². The molecule has 0 unspecified atom stereocenters. The zero-order valence-corrected chi connectivity index (χ0v) is 15.9. The van der Waals surface area contributed by atoms with Crippen LogP contribution in [0, 0.1) is 0 Å². The molecule has 140 valence electrons. The van der Waals surface area contributed by atoms with E-state index in [-0.39, 0.29) is 11.9 Å². The summed E-state index contributed by atoms with van der Waals surface area (Å²) in [6.45, 7) is 7.27. The first-order valence-corrected chi connectivity index (χ1v) is 9.31. The summed E-state index contributed by atoms with van der Waals surface area (Å²) in [5.74, 6) is 2.13. The summed E-state index contributed by atoms with van der Waals surface area (Å²) in [5.41, 5.74) is 1.10. The van der Waals surface area contributed by atoms with E-state index in [0.29, 0.717) is 13.0 Å². The Balaban J connectivity index is 1.59. The van der Waals surface area contributed by atoms with Gasteiger partial charge in [-0.1, -0.05) is 19.1 Å². The van der Waals surface area contributed by atoms with Crippen LogP contribution >= 0.6 is 0 Å². The van der Waals surface area contributed by atoms with E-state index in [9.17, 15) is 4.79 Å². The van der Waals surface area contributed by atoms with Gasteiger partial charge in [-0.15, -0.1) is 0 Å². The summed E-state index contributed by atoms with van der Waals surface area (Å²) in [7, 11) is 1.70. The third-order valence-electron chi connectivity index (χ3n) is 5.06. The van der Waals surface area contributed by atoms with E-state index in [1.807, 2.05) is 29.3 Å². The van der Waals surface area contributed by atoms with Crippen molar-refractivity contribution in [1.82, 2.24) is 14.5 Å². The Morgan fingerprint density at radius 3 is 2.85 bits per heavy atom. The van der Waals surface area contributed by atoms with E-state index < -0.39 is 0 Å². The van der Waals surface area contributed by atoms with Crippen LogP contribution in [-0.4, -0.2) is 53.1 Å². The number of amides is 1. The molecule has 0 saturated carbocycles. The molecule has 0 radical (unpaired) electrons. The fraction of sp³-hybridized carbons (Fsp3) is 0.500. The molecule has 2 heterocycles. The summed E-state index contributed by atoms with van der Waals surface area (Å²) in [5, 5.41) is 0. The number of hydrogen-bond acceptors (Lipinski definition) is 4. The number of hydrogen-bond donors (Lipinski definition) is 0. The Kier molecular flexibility index (Phi) is 5.81. The Morgan fingerprint density at radius 1 is 1.31 bits per heavy atom. The molecule has 1 atom stereocenters. The van der Waals surface area contributed by atoms with Crippen molar-refractivity contribution >= 4 is 11.6 Å². The highest BCUT2D eigenvalue weighted by atomic mass is 16.5. The number of imidazole rings is 1. The van der Waals surface area contributed by atoms with Gasteiger partial charge in [-0.05, 0) is 19.1 Å². The predicted octanol–water partition coefficient (Wildman–Crippen LogP) is 2.58. The molecule has 1 aliphatic rings. The summed E-state index contributed by atoms with van der Waals surface area (Å²) in [6.07, 6.45) is 5.16. The lowest BCUT2D eigenvalue weighted by atomic mass is 10.1. The van der Waals surface area contributed by atoms with Gasteiger partial charge >= 0.3 is 0 Å². The fourth-order valence-electron chi connectivity index (χ4n) is 3.66. The van der Waals surface area contributed by atoms with Gasteiger partial charge in [-0.2, -0.15) is 0 Å². The number of ether oxygens (including phenoxy) is 1. The normalized spacial score (nSPS) is 17.4. The van der Waals surface area contributed by atoms with E-state index in [2.05, 4.69) is 34.4 Å². The van der Waals surface area contributed by atoms with Crippen LogP contribution in [0.5, 0.6) is 5.75 Å². The second-order valence-electron chi connectivity index (χ2n) is 6.69. The van der Waals surface area contributed by atoms with Crippen LogP contribution in [0.1, 0.15) is 26.1 Å². The first-order valence-electron chi connectivity index (χ1n) is 9.31. The maximum Gasteiger partial charge on any atom is 0.224 e. The molecule has 26 heavy (non-hydrogen) atoms. The minimum absolute atomic E-state index is 0.176. The van der Waals surface area contributed by atoms with Gasteiger partial charge in [0.25, 0.3) is 0 Å². The highest BCUT2D eigenvalue weighted by Gasteiger charge is 2.28. The molecule has 1 fully saturated rings. The molecule has 0 bridgehead atoms. The predicted molar refractivity (Wildman–Crippen MR) is 103 cm³/mol. The van der Waals surface area contributed by atoms with Gasteiger partial charge in [0.15, 0.2) is 0 Å². The SMILES string of the molecule is CCc1nccn1CCC(=O)N1CCN(c2ccccc2OC)C[C@H]1C. The molecule has 1 aliphatic heterocycles. The van der Waals surface area contributed by atoms with Crippen molar-refractivity contribution in [2.45, 2.75) is 39.3 Å². The Hall–Kier alpha value is -2.50. The monoisotopic (exact) mass is 356 g/mol. The summed E-state index contributed by atoms with van der Waals surface area (Å²) in [4.78, 5) is 21.4. The van der Waals surface area contributed by atoms with E-state index in [1.54, 1.807) is 13.3 Å². The van der Waals surface area contributed by atoms with E-state index in [4.69, 9.17) is 4.74 Å². The van der Waals surface area contributed by atoms with Crippen molar-refractivity contribution in [3.05, 3.63) is 42.5 Å². The van der Waals surface area contributed by atoms with Crippen molar-refractivity contribution in [2.24, 2.45) is 0 Å². The van der Waals surface area contributed by atoms with Crippen molar-refractivity contribution in [1.29, 1.82) is 0 Å². The molecular formula is C20H28N4O2. The van der Waals surface area contributed by atoms with Crippen molar-refractivity contribution in [3.63, 3.8) is 0 Å². The number of rotatable bonds is 6. The lowest BCUT2D eigenvalue weighted by Crippen LogP contribution is -2.54. The van der Waals surface area contributed by atoms with Crippen LogP contribution in [0.4, 0.5) is 5.69 Å². The maximum atomic E-state index is 12.7. The molecule has 0 spiro atoms. The molecule has 6 heteroatoms. The standard InChI is InChI=1S/C20H28N4O2/c1-4-19-21-10-12-22(19)11-9-20(25)24-14-13-23(15-16(24)2)17-7-5-6-8-18(17)26-3/h5-8,10,12,16H,4,9,11,13-15H2,1-3H3/t16-/m1/s1. The van der Waals surface area contributed by atoms with Gasteiger partial charge in [-0.25, -0.2) is 4.98 Å². The van der Waals surface area contributed by atoms with Crippen molar-refractivity contribution in [2.75, 3.05) is 31.6 Å². The van der Waals surface area contributed by atoms with Crippen LogP contribution in [0.3, 0.4) is 0 Å². The third-order valence-corrected chi connectivity index (χ3v) is 5.06. The van der Waals surface area contributed by atoms with Crippen molar-refractivity contribution < 1.29 is 9.53 Å². The Labute approximate surface area is 155 Å². The lowest BCUT2D eigenvalue weighted by Gasteiger charge is -2.41. The van der Waals surface area contributed by atoms with Crippen LogP contribution in [0.15, 0.2) is 36.7 Å².